The standard InChI is InChI=1S/C15H11Cl2N3O2S/c16-13(17)15(20-12(21)9-5-2-1-3-6-9)14(22)18-11(19-15)10-7-4-8-23-10/h1-8,13H,(H,20,21)(H,18,19,22)/t15-/m0/s1. The van der Waals surface area contributed by atoms with Gasteiger partial charge < -0.3 is 10.6 Å². The minimum absolute atomic E-state index is 0.338. The Kier molecular flexibility index (Phi) is 4.39. The van der Waals surface area contributed by atoms with Crippen molar-refractivity contribution in [3.8, 4) is 0 Å². The van der Waals surface area contributed by atoms with E-state index in [1.807, 2.05) is 11.4 Å². The van der Waals surface area contributed by atoms with Crippen LogP contribution < -0.4 is 10.6 Å². The molecular weight excluding hydrogens is 357 g/mol. The molecule has 2 aromatic rings. The van der Waals surface area contributed by atoms with Gasteiger partial charge in [0.05, 0.1) is 4.88 Å². The number of alkyl halides is 2. The largest absolute Gasteiger partial charge is 0.318 e. The highest BCUT2D eigenvalue weighted by Crippen LogP contribution is 2.28. The summed E-state index contributed by atoms with van der Waals surface area (Å²) in [5.74, 6) is -0.715. The number of amidine groups is 1. The molecule has 0 saturated carbocycles. The van der Waals surface area contributed by atoms with Crippen molar-refractivity contribution in [3.05, 3.63) is 58.3 Å². The fourth-order valence-electron chi connectivity index (χ4n) is 2.11. The predicted molar refractivity (Wildman–Crippen MR) is 91.1 cm³/mol. The number of aliphatic imine (C=N–C) groups is 1. The second-order valence-corrected chi connectivity index (χ2v) is 6.82. The number of amides is 2. The van der Waals surface area contributed by atoms with E-state index in [-0.39, 0.29) is 0 Å². The van der Waals surface area contributed by atoms with Gasteiger partial charge >= 0.3 is 0 Å². The molecule has 2 heterocycles. The Morgan fingerprint density at radius 1 is 1.22 bits per heavy atom. The average molecular weight is 368 g/mol. The highest BCUT2D eigenvalue weighted by molar-refractivity contribution is 7.12. The van der Waals surface area contributed by atoms with Crippen LogP contribution in [0.15, 0.2) is 52.8 Å². The summed E-state index contributed by atoms with van der Waals surface area (Å²) in [4.78, 5) is 28.6. The molecule has 118 valence electrons. The van der Waals surface area contributed by atoms with Gasteiger partial charge in [-0.05, 0) is 23.6 Å². The maximum absolute atomic E-state index is 12.4. The molecular formula is C15H11Cl2N3O2S. The van der Waals surface area contributed by atoms with E-state index in [1.54, 1.807) is 36.4 Å². The molecule has 0 fully saturated rings. The zero-order valence-electron chi connectivity index (χ0n) is 11.6. The molecule has 0 unspecified atom stereocenters. The van der Waals surface area contributed by atoms with Gasteiger partial charge in [-0.15, -0.1) is 11.3 Å². The molecule has 23 heavy (non-hydrogen) atoms. The molecule has 0 bridgehead atoms. The fraction of sp³-hybridized carbons (Fsp3) is 0.133. The molecule has 0 spiro atoms. The first kappa shape index (κ1) is 16.0. The van der Waals surface area contributed by atoms with E-state index in [2.05, 4.69) is 15.6 Å². The number of nitrogens with one attached hydrogen (secondary N) is 2. The quantitative estimate of drug-likeness (QED) is 0.815. The summed E-state index contributed by atoms with van der Waals surface area (Å²) >= 11 is 13.4. The van der Waals surface area contributed by atoms with Crippen LogP contribution in [0.1, 0.15) is 15.2 Å². The third-order valence-corrected chi connectivity index (χ3v) is 4.78. The van der Waals surface area contributed by atoms with Crippen molar-refractivity contribution in [3.63, 3.8) is 0 Å². The van der Waals surface area contributed by atoms with Crippen LogP contribution in [0.25, 0.3) is 0 Å². The van der Waals surface area contributed by atoms with Crippen molar-refractivity contribution in [1.82, 2.24) is 10.6 Å². The molecule has 1 aliphatic rings. The zero-order chi connectivity index (χ0) is 16.4. The Morgan fingerprint density at radius 2 is 1.96 bits per heavy atom. The molecule has 0 saturated heterocycles. The zero-order valence-corrected chi connectivity index (χ0v) is 14.0. The van der Waals surface area contributed by atoms with E-state index >= 15 is 0 Å². The first-order chi connectivity index (χ1) is 11.0. The van der Waals surface area contributed by atoms with Crippen LogP contribution in [0.5, 0.6) is 0 Å². The minimum atomic E-state index is -1.75. The summed E-state index contributed by atoms with van der Waals surface area (Å²) in [6.07, 6.45) is 0. The monoisotopic (exact) mass is 367 g/mol. The molecule has 1 atom stereocenters. The van der Waals surface area contributed by atoms with Gasteiger partial charge in [0.1, 0.15) is 5.84 Å². The number of nitrogens with zero attached hydrogens (tertiary/aromatic N) is 1. The molecule has 5 nitrogen and oxygen atoms in total. The van der Waals surface area contributed by atoms with Gasteiger partial charge in [-0.25, -0.2) is 4.99 Å². The lowest BCUT2D eigenvalue weighted by molar-refractivity contribution is -0.124. The second-order valence-electron chi connectivity index (χ2n) is 4.78. The maximum Gasteiger partial charge on any atom is 0.277 e. The summed E-state index contributed by atoms with van der Waals surface area (Å²) in [5, 5.41) is 7.03. The minimum Gasteiger partial charge on any atom is -0.318 e. The van der Waals surface area contributed by atoms with Crippen LogP contribution in [0.3, 0.4) is 0 Å². The molecule has 3 rings (SSSR count). The van der Waals surface area contributed by atoms with Crippen LogP contribution in [-0.2, 0) is 4.79 Å². The fourth-order valence-corrected chi connectivity index (χ4v) is 3.18. The molecule has 0 aliphatic carbocycles. The number of halogens is 2. The average Bonchev–Trinajstić information content (AvgIpc) is 3.17. The summed E-state index contributed by atoms with van der Waals surface area (Å²) < 4.78 is 0. The molecule has 1 aromatic carbocycles. The van der Waals surface area contributed by atoms with Crippen LogP contribution in [-0.4, -0.2) is 28.1 Å². The number of benzene rings is 1. The Balaban J connectivity index is 1.94. The number of carbonyl (C=O) groups is 2. The third kappa shape index (κ3) is 2.97. The van der Waals surface area contributed by atoms with Crippen molar-refractivity contribution in [2.45, 2.75) is 10.5 Å². The number of thiophene rings is 1. The van der Waals surface area contributed by atoms with Gasteiger partial charge in [0.25, 0.3) is 11.8 Å². The summed E-state index contributed by atoms with van der Waals surface area (Å²) in [7, 11) is 0. The van der Waals surface area contributed by atoms with E-state index in [4.69, 9.17) is 23.2 Å². The summed E-state index contributed by atoms with van der Waals surface area (Å²) in [5.41, 5.74) is -1.37. The molecule has 2 N–H and O–H groups in total. The molecule has 0 radical (unpaired) electrons. The number of carbonyl (C=O) groups excluding carboxylic acids is 2. The topological polar surface area (TPSA) is 70.6 Å². The second kappa shape index (κ2) is 6.31. The van der Waals surface area contributed by atoms with Gasteiger partial charge in [0.15, 0.2) is 4.84 Å². The van der Waals surface area contributed by atoms with E-state index in [9.17, 15) is 9.59 Å². The van der Waals surface area contributed by atoms with Gasteiger partial charge in [0.2, 0.25) is 5.66 Å². The lowest BCUT2D eigenvalue weighted by Crippen LogP contribution is -2.58. The van der Waals surface area contributed by atoms with Crippen molar-refractivity contribution in [2.24, 2.45) is 4.99 Å². The first-order valence-corrected chi connectivity index (χ1v) is 8.39. The third-order valence-electron chi connectivity index (χ3n) is 3.28. The molecule has 1 aliphatic heterocycles. The van der Waals surface area contributed by atoms with E-state index < -0.39 is 22.3 Å². The molecule has 2 amide bonds. The van der Waals surface area contributed by atoms with Gasteiger partial charge in [-0.2, -0.15) is 0 Å². The molecule has 8 heteroatoms. The van der Waals surface area contributed by atoms with Crippen LogP contribution in [0.2, 0.25) is 0 Å². The van der Waals surface area contributed by atoms with E-state index in [0.717, 1.165) is 4.88 Å². The van der Waals surface area contributed by atoms with Crippen LogP contribution in [0.4, 0.5) is 0 Å². The lowest BCUT2D eigenvalue weighted by atomic mass is 10.1. The number of hydrogen-bond donors (Lipinski definition) is 2. The highest BCUT2D eigenvalue weighted by atomic mass is 35.5. The summed E-state index contributed by atoms with van der Waals surface area (Å²) in [6, 6.07) is 12.1. The van der Waals surface area contributed by atoms with Gasteiger partial charge in [-0.1, -0.05) is 47.5 Å². The lowest BCUT2D eigenvalue weighted by Gasteiger charge is -2.25. The Morgan fingerprint density at radius 3 is 2.57 bits per heavy atom. The van der Waals surface area contributed by atoms with Gasteiger partial charge in [-0.3, -0.25) is 9.59 Å². The van der Waals surface area contributed by atoms with Crippen molar-refractivity contribution >= 4 is 52.2 Å². The number of rotatable bonds is 4. The molecule has 1 aromatic heterocycles. The maximum atomic E-state index is 12.4. The van der Waals surface area contributed by atoms with Crippen LogP contribution in [0, 0.1) is 0 Å². The normalized spacial score (nSPS) is 20.3. The van der Waals surface area contributed by atoms with Crippen molar-refractivity contribution in [1.29, 1.82) is 0 Å². The SMILES string of the molecule is O=C(N[C@]1(C(Cl)Cl)N=C(c2cccs2)NC1=O)c1ccccc1. The summed E-state index contributed by atoms with van der Waals surface area (Å²) in [6.45, 7) is 0. The van der Waals surface area contributed by atoms with E-state index in [1.165, 1.54) is 11.3 Å². The Bertz CT molecular complexity index is 762. The Hall–Kier alpha value is -1.89. The van der Waals surface area contributed by atoms with Crippen LogP contribution >= 0.6 is 34.5 Å². The Labute approximate surface area is 146 Å². The van der Waals surface area contributed by atoms with Crippen molar-refractivity contribution < 1.29 is 9.59 Å². The predicted octanol–water partition coefficient (Wildman–Crippen LogP) is 2.55. The van der Waals surface area contributed by atoms with Gasteiger partial charge in [0, 0.05) is 5.56 Å². The first-order valence-electron chi connectivity index (χ1n) is 6.64. The highest BCUT2D eigenvalue weighted by Gasteiger charge is 2.50. The van der Waals surface area contributed by atoms with Crippen molar-refractivity contribution in [2.75, 3.05) is 0 Å². The van der Waals surface area contributed by atoms with E-state index in [0.29, 0.717) is 11.4 Å². The smallest absolute Gasteiger partial charge is 0.277 e. The number of hydrogen-bond acceptors (Lipinski definition) is 4.